The quantitative estimate of drug-likeness (QED) is 0.558. The van der Waals surface area contributed by atoms with Gasteiger partial charge in [0.1, 0.15) is 11.0 Å². The summed E-state index contributed by atoms with van der Waals surface area (Å²) in [6.45, 7) is 1.79. The van der Waals surface area contributed by atoms with E-state index in [2.05, 4.69) is 10.6 Å². The lowest BCUT2D eigenvalue weighted by atomic mass is 10.2. The lowest BCUT2D eigenvalue weighted by molar-refractivity contribution is -0.139. The molecule has 1 atom stereocenters. The van der Waals surface area contributed by atoms with Gasteiger partial charge in [-0.25, -0.2) is 8.42 Å². The normalized spacial score (nSPS) is 12.3. The summed E-state index contributed by atoms with van der Waals surface area (Å²) in [5.74, 6) is -1.55. The van der Waals surface area contributed by atoms with E-state index in [0.29, 0.717) is 0 Å². The molecule has 3 aromatic rings. The highest BCUT2D eigenvalue weighted by Crippen LogP contribution is 2.29. The predicted molar refractivity (Wildman–Crippen MR) is 109 cm³/mol. The molecule has 2 heterocycles. The molecule has 0 fully saturated rings. The number of nitrogens with one attached hydrogen (secondary N) is 2. The first-order valence-electron chi connectivity index (χ1n) is 8.80. The van der Waals surface area contributed by atoms with Gasteiger partial charge in [0.25, 0.3) is 0 Å². The minimum atomic E-state index is -3.85. The molecule has 2 aromatic heterocycles. The van der Waals surface area contributed by atoms with Gasteiger partial charge in [-0.05, 0) is 42.6 Å². The van der Waals surface area contributed by atoms with Crippen molar-refractivity contribution in [3.05, 3.63) is 76.4 Å². The average molecular weight is 433 g/mol. The molecule has 1 aromatic carbocycles. The number of aryl methyl sites for hydroxylation is 1. The fourth-order valence-electron chi connectivity index (χ4n) is 2.66. The summed E-state index contributed by atoms with van der Waals surface area (Å²) in [5, 5.41) is 5.62. The van der Waals surface area contributed by atoms with E-state index in [9.17, 15) is 18.0 Å². The zero-order valence-electron chi connectivity index (χ0n) is 15.6. The smallest absolute Gasteiger partial charge is 0.309 e. The highest BCUT2D eigenvalue weighted by atomic mass is 32.2. The number of thiophene rings is 1. The third kappa shape index (κ3) is 5.12. The van der Waals surface area contributed by atoms with Crippen LogP contribution in [0.3, 0.4) is 0 Å². The molecule has 1 unspecified atom stereocenters. The molecule has 0 radical (unpaired) electrons. The molecule has 0 aliphatic heterocycles. The van der Waals surface area contributed by atoms with Crippen molar-refractivity contribution in [2.45, 2.75) is 23.6 Å². The van der Waals surface area contributed by atoms with Crippen LogP contribution in [0.4, 0.5) is 0 Å². The van der Waals surface area contributed by atoms with Gasteiger partial charge >= 0.3 is 11.8 Å². The van der Waals surface area contributed by atoms with E-state index in [4.69, 9.17) is 4.42 Å². The summed E-state index contributed by atoms with van der Waals surface area (Å²) < 4.78 is 31.5. The Morgan fingerprint density at radius 1 is 1.03 bits per heavy atom. The SMILES string of the molecule is Cc1ccc(S(=O)(=O)C(CNC(=O)C(=O)NCc2cccs2)c2ccco2)cc1. The zero-order valence-corrected chi connectivity index (χ0v) is 17.3. The Bertz CT molecular complexity index is 1060. The minimum absolute atomic E-state index is 0.112. The second kappa shape index (κ2) is 9.06. The first kappa shape index (κ1) is 20.8. The highest BCUT2D eigenvalue weighted by Gasteiger charge is 2.32. The monoisotopic (exact) mass is 432 g/mol. The summed E-state index contributed by atoms with van der Waals surface area (Å²) in [4.78, 5) is 25.2. The molecular formula is C20H20N2O5S2. The maximum absolute atomic E-state index is 13.1. The van der Waals surface area contributed by atoms with E-state index in [1.165, 1.54) is 35.8 Å². The number of hydrogen-bond acceptors (Lipinski definition) is 6. The van der Waals surface area contributed by atoms with Crippen molar-refractivity contribution in [2.24, 2.45) is 0 Å². The largest absolute Gasteiger partial charge is 0.468 e. The van der Waals surface area contributed by atoms with E-state index in [0.717, 1.165) is 10.4 Å². The number of furan rings is 1. The van der Waals surface area contributed by atoms with Gasteiger partial charge in [0.2, 0.25) is 0 Å². The van der Waals surface area contributed by atoms with Crippen LogP contribution in [0, 0.1) is 6.92 Å². The van der Waals surface area contributed by atoms with Gasteiger partial charge in [-0.2, -0.15) is 0 Å². The van der Waals surface area contributed by atoms with Crippen LogP contribution in [0.2, 0.25) is 0 Å². The predicted octanol–water partition coefficient (Wildman–Crippen LogP) is 2.60. The van der Waals surface area contributed by atoms with E-state index in [1.54, 1.807) is 18.2 Å². The van der Waals surface area contributed by atoms with E-state index in [1.807, 2.05) is 24.4 Å². The van der Waals surface area contributed by atoms with Crippen molar-refractivity contribution in [1.82, 2.24) is 10.6 Å². The molecule has 0 spiro atoms. The average Bonchev–Trinajstić information content (AvgIpc) is 3.40. The third-order valence-electron chi connectivity index (χ3n) is 4.24. The molecule has 152 valence electrons. The summed E-state index contributed by atoms with van der Waals surface area (Å²) in [6, 6.07) is 13.2. The topological polar surface area (TPSA) is 105 Å². The molecule has 7 nitrogen and oxygen atoms in total. The summed E-state index contributed by atoms with van der Waals surface area (Å²) in [6.07, 6.45) is 1.36. The third-order valence-corrected chi connectivity index (χ3v) is 7.20. The molecule has 0 saturated carbocycles. The number of benzene rings is 1. The van der Waals surface area contributed by atoms with Crippen molar-refractivity contribution < 1.29 is 22.4 Å². The number of rotatable bonds is 7. The Balaban J connectivity index is 1.70. The number of amides is 2. The molecular weight excluding hydrogens is 412 g/mol. The molecule has 0 aliphatic rings. The van der Waals surface area contributed by atoms with E-state index in [-0.39, 0.29) is 23.7 Å². The van der Waals surface area contributed by atoms with Crippen LogP contribution >= 0.6 is 11.3 Å². The van der Waals surface area contributed by atoms with Crippen molar-refractivity contribution >= 4 is 33.0 Å². The molecule has 0 bridgehead atoms. The summed E-state index contributed by atoms with van der Waals surface area (Å²) in [5.41, 5.74) is 0.925. The van der Waals surface area contributed by atoms with Crippen molar-refractivity contribution in [3.8, 4) is 0 Å². The van der Waals surface area contributed by atoms with E-state index >= 15 is 0 Å². The Morgan fingerprint density at radius 2 is 1.76 bits per heavy atom. The number of sulfone groups is 1. The van der Waals surface area contributed by atoms with E-state index < -0.39 is 26.9 Å². The fourth-order valence-corrected chi connectivity index (χ4v) is 4.89. The molecule has 2 N–H and O–H groups in total. The first-order valence-corrected chi connectivity index (χ1v) is 11.2. The van der Waals surface area contributed by atoms with Gasteiger partial charge in [-0.1, -0.05) is 23.8 Å². The highest BCUT2D eigenvalue weighted by molar-refractivity contribution is 7.91. The molecule has 0 aliphatic carbocycles. The number of hydrogen-bond donors (Lipinski definition) is 2. The lowest BCUT2D eigenvalue weighted by Crippen LogP contribution is -2.41. The van der Waals surface area contributed by atoms with Crippen LogP contribution in [0.1, 0.15) is 21.5 Å². The Labute approximate surface area is 172 Å². The summed E-state index contributed by atoms with van der Waals surface area (Å²) in [7, 11) is -3.85. The fraction of sp³-hybridized carbons (Fsp3) is 0.200. The Kier molecular flexibility index (Phi) is 6.50. The molecule has 3 rings (SSSR count). The van der Waals surface area contributed by atoms with Gasteiger partial charge in [-0.15, -0.1) is 11.3 Å². The van der Waals surface area contributed by atoms with Crippen LogP contribution in [-0.4, -0.2) is 26.8 Å². The molecule has 2 amide bonds. The van der Waals surface area contributed by atoms with Gasteiger partial charge < -0.3 is 15.1 Å². The number of carbonyl (C=O) groups is 2. The van der Waals surface area contributed by atoms with Gasteiger partial charge in [-0.3, -0.25) is 9.59 Å². The van der Waals surface area contributed by atoms with Crippen LogP contribution in [0.5, 0.6) is 0 Å². The van der Waals surface area contributed by atoms with Crippen LogP contribution in [-0.2, 0) is 26.0 Å². The minimum Gasteiger partial charge on any atom is -0.468 e. The standard InChI is InChI=1S/C20H20N2O5S2/c1-14-6-8-16(9-7-14)29(25,26)18(17-5-2-10-27-17)13-22-20(24)19(23)21-12-15-4-3-11-28-15/h2-11,18H,12-13H2,1H3,(H,21,23)(H,22,24). The zero-order chi connectivity index (χ0) is 20.9. The van der Waals surface area contributed by atoms with Crippen molar-refractivity contribution in [1.29, 1.82) is 0 Å². The van der Waals surface area contributed by atoms with Crippen molar-refractivity contribution in [3.63, 3.8) is 0 Å². The molecule has 9 heteroatoms. The second-order valence-electron chi connectivity index (χ2n) is 6.33. The van der Waals surface area contributed by atoms with Crippen molar-refractivity contribution in [2.75, 3.05) is 6.54 Å². The van der Waals surface area contributed by atoms with Gasteiger partial charge in [0.05, 0.1) is 17.7 Å². The van der Waals surface area contributed by atoms with Crippen LogP contribution < -0.4 is 10.6 Å². The lowest BCUT2D eigenvalue weighted by Gasteiger charge is -2.16. The molecule has 29 heavy (non-hydrogen) atoms. The van der Waals surface area contributed by atoms with Gasteiger partial charge in [0.15, 0.2) is 9.84 Å². The Morgan fingerprint density at radius 3 is 2.38 bits per heavy atom. The maximum atomic E-state index is 13.1. The van der Waals surface area contributed by atoms with Crippen LogP contribution in [0.25, 0.3) is 0 Å². The second-order valence-corrected chi connectivity index (χ2v) is 9.50. The maximum Gasteiger partial charge on any atom is 0.309 e. The molecule has 0 saturated heterocycles. The van der Waals surface area contributed by atoms with Gasteiger partial charge in [0, 0.05) is 11.4 Å². The number of carbonyl (C=O) groups excluding carboxylic acids is 2. The Hall–Kier alpha value is -2.91. The first-order chi connectivity index (χ1) is 13.9. The summed E-state index contributed by atoms with van der Waals surface area (Å²) >= 11 is 1.46. The van der Waals surface area contributed by atoms with Crippen LogP contribution in [0.15, 0.2) is 69.5 Å².